The van der Waals surface area contributed by atoms with Crippen LogP contribution in [0.3, 0.4) is 0 Å². The average molecular weight is 359 g/mol. The van der Waals surface area contributed by atoms with Crippen LogP contribution in [0, 0.1) is 0 Å². The molecule has 0 amide bonds. The minimum Gasteiger partial charge on any atom is -0.378 e. The molecule has 0 aliphatic carbocycles. The number of benzene rings is 2. The first-order valence-electron chi connectivity index (χ1n) is 8.58. The van der Waals surface area contributed by atoms with E-state index in [4.69, 9.17) is 9.47 Å². The van der Waals surface area contributed by atoms with Crippen molar-refractivity contribution in [2.75, 3.05) is 37.8 Å². The zero-order valence-corrected chi connectivity index (χ0v) is 14.8. The van der Waals surface area contributed by atoms with E-state index in [1.165, 1.54) is 0 Å². The third kappa shape index (κ3) is 3.25. The van der Waals surface area contributed by atoms with E-state index >= 15 is 0 Å². The molecular weight excluding hydrogens is 337 g/mol. The van der Waals surface area contributed by atoms with E-state index in [1.807, 2.05) is 18.2 Å². The van der Waals surface area contributed by atoms with Crippen LogP contribution in [0.2, 0.25) is 0 Å². The molecule has 6 heteroatoms. The molecule has 0 aromatic heterocycles. The minimum atomic E-state index is -3.46. The Balaban J connectivity index is 1.51. The molecule has 0 spiro atoms. The second-order valence-corrected chi connectivity index (χ2v) is 8.90. The first-order chi connectivity index (χ1) is 12.2. The summed E-state index contributed by atoms with van der Waals surface area (Å²) in [6, 6.07) is 17.0. The molecule has 2 saturated heterocycles. The van der Waals surface area contributed by atoms with Crippen molar-refractivity contribution in [3.05, 3.63) is 60.2 Å². The zero-order valence-electron chi connectivity index (χ0n) is 14.0. The molecule has 5 nitrogen and oxygen atoms in total. The lowest BCUT2D eigenvalue weighted by Gasteiger charge is -2.39. The molecule has 2 fully saturated rings. The van der Waals surface area contributed by atoms with Crippen LogP contribution in [0.25, 0.3) is 0 Å². The fourth-order valence-corrected chi connectivity index (χ4v) is 5.31. The van der Waals surface area contributed by atoms with Crippen LogP contribution in [0.15, 0.2) is 54.6 Å². The Morgan fingerprint density at radius 3 is 2.28 bits per heavy atom. The van der Waals surface area contributed by atoms with Gasteiger partial charge >= 0.3 is 0 Å². The van der Waals surface area contributed by atoms with Gasteiger partial charge in [-0.05, 0) is 29.8 Å². The summed E-state index contributed by atoms with van der Waals surface area (Å²) in [7, 11) is -3.46. The molecule has 0 bridgehead atoms. The summed E-state index contributed by atoms with van der Waals surface area (Å²) in [6.07, 6.45) is -0.324. The average Bonchev–Trinajstić information content (AvgIpc) is 2.63. The summed E-state index contributed by atoms with van der Waals surface area (Å²) in [5.41, 5.74) is 1.72. The van der Waals surface area contributed by atoms with Gasteiger partial charge in [-0.25, -0.2) is 0 Å². The number of hydrogen-bond donors (Lipinski definition) is 1. The van der Waals surface area contributed by atoms with Crippen LogP contribution in [0.5, 0.6) is 0 Å². The summed E-state index contributed by atoms with van der Waals surface area (Å²) in [4.78, 5) is 12.9. The minimum absolute atomic E-state index is 0.318. The van der Waals surface area contributed by atoms with Crippen LogP contribution >= 0.6 is 7.37 Å². The molecule has 2 aromatic carbocycles. The van der Waals surface area contributed by atoms with Gasteiger partial charge in [0.1, 0.15) is 0 Å². The van der Waals surface area contributed by atoms with Gasteiger partial charge in [0.25, 0.3) is 0 Å². The van der Waals surface area contributed by atoms with Crippen LogP contribution < -0.4 is 10.2 Å². The third-order valence-corrected chi connectivity index (χ3v) is 7.33. The van der Waals surface area contributed by atoms with E-state index in [2.05, 4.69) is 17.0 Å². The van der Waals surface area contributed by atoms with Crippen LogP contribution in [-0.4, -0.2) is 43.5 Å². The van der Waals surface area contributed by atoms with Gasteiger partial charge in [-0.2, -0.15) is 0 Å². The van der Waals surface area contributed by atoms with Crippen molar-refractivity contribution in [3.8, 4) is 0 Å². The Morgan fingerprint density at radius 1 is 1.00 bits per heavy atom. The van der Waals surface area contributed by atoms with Gasteiger partial charge in [0, 0.05) is 24.1 Å². The first-order valence-corrected chi connectivity index (χ1v) is 10.3. The van der Waals surface area contributed by atoms with Gasteiger partial charge in [0.2, 0.25) is 7.37 Å². The van der Waals surface area contributed by atoms with Gasteiger partial charge in [0.15, 0.2) is 0 Å². The van der Waals surface area contributed by atoms with Gasteiger partial charge < -0.3 is 19.3 Å². The van der Waals surface area contributed by atoms with Crippen LogP contribution in [-0.2, 0) is 14.0 Å². The summed E-state index contributed by atoms with van der Waals surface area (Å²) in [5, 5.41) is 0.498. The summed E-state index contributed by atoms with van der Waals surface area (Å²) in [6.45, 7) is 3.60. The highest BCUT2D eigenvalue weighted by molar-refractivity contribution is 7.66. The standard InChI is InChI=1S/C19H22NO4P/c21-25(22,17-4-2-1-3-5-17)18-14-24-19(18)15-6-8-16(9-7-15)20-10-12-23-13-11-20/h1-9,18-19H,10-14H2,(H,21,22). The first kappa shape index (κ1) is 16.8. The van der Waals surface area contributed by atoms with Gasteiger partial charge in [-0.3, -0.25) is 4.57 Å². The molecule has 2 aromatic rings. The maximum atomic E-state index is 12.9. The topological polar surface area (TPSA) is 59.0 Å². The number of morpholine rings is 1. The van der Waals surface area contributed by atoms with Crippen LogP contribution in [0.1, 0.15) is 11.7 Å². The maximum absolute atomic E-state index is 12.9. The van der Waals surface area contributed by atoms with Crippen molar-refractivity contribution in [1.29, 1.82) is 0 Å². The second-order valence-electron chi connectivity index (χ2n) is 6.47. The Labute approximate surface area is 147 Å². The highest BCUT2D eigenvalue weighted by Gasteiger charge is 2.46. The fourth-order valence-electron chi connectivity index (χ4n) is 3.41. The van der Waals surface area contributed by atoms with Crippen molar-refractivity contribution in [2.24, 2.45) is 0 Å². The largest absolute Gasteiger partial charge is 0.378 e. The number of rotatable bonds is 4. The molecule has 1 N–H and O–H groups in total. The van der Waals surface area contributed by atoms with E-state index in [9.17, 15) is 9.46 Å². The summed E-state index contributed by atoms with van der Waals surface area (Å²) < 4.78 is 24.0. The Bertz CT molecular complexity index is 759. The van der Waals surface area contributed by atoms with E-state index < -0.39 is 7.37 Å². The molecule has 0 saturated carbocycles. The van der Waals surface area contributed by atoms with Crippen molar-refractivity contribution in [3.63, 3.8) is 0 Å². The molecule has 3 unspecified atom stereocenters. The Hall–Kier alpha value is -1.65. The second kappa shape index (κ2) is 6.93. The number of hydrogen-bond acceptors (Lipinski definition) is 4. The van der Waals surface area contributed by atoms with Crippen molar-refractivity contribution in [2.45, 2.75) is 11.8 Å². The number of nitrogens with zero attached hydrogens (tertiary/aromatic N) is 1. The number of anilines is 1. The Kier molecular flexibility index (Phi) is 4.65. The molecule has 2 heterocycles. The monoisotopic (exact) mass is 359 g/mol. The lowest BCUT2D eigenvalue weighted by atomic mass is 10.0. The van der Waals surface area contributed by atoms with E-state index in [0.717, 1.165) is 37.6 Å². The predicted octanol–water partition coefficient (Wildman–Crippen LogP) is 2.56. The highest BCUT2D eigenvalue weighted by Crippen LogP contribution is 2.55. The molecular formula is C19H22NO4P. The normalized spacial score (nSPS) is 25.9. The smallest absolute Gasteiger partial charge is 0.237 e. The quantitative estimate of drug-likeness (QED) is 0.851. The summed E-state index contributed by atoms with van der Waals surface area (Å²) >= 11 is 0. The Morgan fingerprint density at radius 2 is 1.68 bits per heavy atom. The third-order valence-electron chi connectivity index (χ3n) is 4.97. The summed E-state index contributed by atoms with van der Waals surface area (Å²) in [5.74, 6) is 0. The van der Waals surface area contributed by atoms with E-state index in [0.29, 0.717) is 11.9 Å². The van der Waals surface area contributed by atoms with Crippen molar-refractivity contribution in [1.82, 2.24) is 0 Å². The van der Waals surface area contributed by atoms with Crippen molar-refractivity contribution >= 4 is 18.4 Å². The lowest BCUT2D eigenvalue weighted by Crippen LogP contribution is -2.40. The fraction of sp³-hybridized carbons (Fsp3) is 0.368. The van der Waals surface area contributed by atoms with E-state index in [-0.39, 0.29) is 11.8 Å². The molecule has 0 radical (unpaired) electrons. The lowest BCUT2D eigenvalue weighted by molar-refractivity contribution is -0.0502. The van der Waals surface area contributed by atoms with Crippen LogP contribution in [0.4, 0.5) is 5.69 Å². The van der Waals surface area contributed by atoms with Gasteiger partial charge in [0.05, 0.1) is 31.6 Å². The maximum Gasteiger partial charge on any atom is 0.237 e. The van der Waals surface area contributed by atoms with Crippen molar-refractivity contribution < 1.29 is 18.9 Å². The molecule has 2 aliphatic heterocycles. The van der Waals surface area contributed by atoms with Gasteiger partial charge in [-0.15, -0.1) is 0 Å². The molecule has 132 valence electrons. The molecule has 4 rings (SSSR count). The molecule has 2 aliphatic rings. The SMILES string of the molecule is O=P(O)(c1ccccc1)C1COC1c1ccc(N2CCOCC2)cc1. The van der Waals surface area contributed by atoms with Gasteiger partial charge in [-0.1, -0.05) is 30.3 Å². The predicted molar refractivity (Wildman–Crippen MR) is 97.9 cm³/mol. The molecule has 3 atom stereocenters. The van der Waals surface area contributed by atoms with E-state index in [1.54, 1.807) is 24.3 Å². The number of ether oxygens (including phenoxy) is 2. The zero-order chi connectivity index (χ0) is 17.3. The highest BCUT2D eigenvalue weighted by atomic mass is 31.2. The molecule has 25 heavy (non-hydrogen) atoms.